The van der Waals surface area contributed by atoms with E-state index in [2.05, 4.69) is 63.3 Å². The maximum absolute atomic E-state index is 15.0. The van der Waals surface area contributed by atoms with Gasteiger partial charge in [0, 0.05) is 44.5 Å². The van der Waals surface area contributed by atoms with Crippen molar-refractivity contribution < 1.29 is 4.39 Å². The first-order chi connectivity index (χ1) is 18.0. The van der Waals surface area contributed by atoms with E-state index in [1.165, 1.54) is 30.2 Å². The molecule has 2 fully saturated rings. The number of nitrogens with one attached hydrogen (secondary N) is 1. The van der Waals surface area contributed by atoms with Crippen molar-refractivity contribution >= 4 is 36.6 Å². The second kappa shape index (κ2) is 12.9. The summed E-state index contributed by atoms with van der Waals surface area (Å²) in [6.45, 7) is 18.7. The van der Waals surface area contributed by atoms with Crippen molar-refractivity contribution in [1.29, 1.82) is 0 Å². The minimum absolute atomic E-state index is 0.187. The minimum Gasteiger partial charge on any atom is -0.351 e. The van der Waals surface area contributed by atoms with Crippen LogP contribution in [0.15, 0.2) is 52.3 Å². The van der Waals surface area contributed by atoms with E-state index in [-0.39, 0.29) is 12.4 Å². The molecule has 196 valence electrons. The Labute approximate surface area is 220 Å². The number of nitrogens with zero attached hydrogens (tertiary/aromatic N) is 5. The van der Waals surface area contributed by atoms with Crippen LogP contribution in [0.3, 0.4) is 0 Å². The quantitative estimate of drug-likeness (QED) is 0.471. The van der Waals surface area contributed by atoms with Crippen molar-refractivity contribution in [2.45, 2.75) is 39.7 Å². The molecule has 0 radical (unpaired) electrons. The SMILES string of the molecule is C=N/C(=C(/F)C=NCNc1ccc(CN2CCN(CC)CC2)cn1)c1ccc(=C)/c(=C(\C)CC2CC2)c1. The molecule has 2 heterocycles. The van der Waals surface area contributed by atoms with E-state index in [0.717, 1.165) is 62.0 Å². The fraction of sp³-hybridized carbons (Fsp3) is 0.433. The van der Waals surface area contributed by atoms with E-state index in [0.29, 0.717) is 11.4 Å². The number of aromatic nitrogens is 1. The number of aliphatic imine (C=N–C) groups is 2. The third-order valence-corrected chi connectivity index (χ3v) is 7.22. The van der Waals surface area contributed by atoms with Gasteiger partial charge in [-0.1, -0.05) is 37.3 Å². The summed E-state index contributed by atoms with van der Waals surface area (Å²) in [5, 5.41) is 5.13. The zero-order valence-corrected chi connectivity index (χ0v) is 22.2. The highest BCUT2D eigenvalue weighted by Crippen LogP contribution is 2.35. The molecule has 7 heteroatoms. The molecular weight excluding hydrogens is 463 g/mol. The predicted octanol–water partition coefficient (Wildman–Crippen LogP) is 4.08. The van der Waals surface area contributed by atoms with Gasteiger partial charge in [0.1, 0.15) is 18.2 Å². The molecule has 0 atom stereocenters. The molecule has 0 spiro atoms. The molecule has 1 aliphatic carbocycles. The minimum atomic E-state index is -0.522. The third kappa shape index (κ3) is 7.66. The molecule has 1 saturated heterocycles. The molecule has 0 unspecified atom stereocenters. The van der Waals surface area contributed by atoms with Gasteiger partial charge < -0.3 is 10.2 Å². The van der Waals surface area contributed by atoms with E-state index >= 15 is 0 Å². The molecule has 4 rings (SSSR count). The third-order valence-electron chi connectivity index (χ3n) is 7.22. The van der Waals surface area contributed by atoms with Crippen LogP contribution in [0.25, 0.3) is 17.8 Å². The van der Waals surface area contributed by atoms with Crippen molar-refractivity contribution in [3.63, 3.8) is 0 Å². The van der Waals surface area contributed by atoms with E-state index in [1.807, 2.05) is 30.5 Å². The van der Waals surface area contributed by atoms with Gasteiger partial charge in [-0.3, -0.25) is 14.9 Å². The standard InChI is InChI=1S/C30H39FN6/c1-5-36-12-14-37(15-13-36)20-25-9-11-29(34-18-25)35-21-33-19-28(31)30(32-4)26-10-6-22(2)27(17-26)23(3)16-24-7-8-24/h6,9-11,17-19,24H,2,4-5,7-8,12-16,20-21H2,1,3H3,(H,34,35)/b27-23+,30-28+,33-19?. The van der Waals surface area contributed by atoms with Gasteiger partial charge in [0.05, 0.1) is 6.21 Å². The summed E-state index contributed by atoms with van der Waals surface area (Å²) < 4.78 is 15.0. The summed E-state index contributed by atoms with van der Waals surface area (Å²) in [6.07, 6.45) is 6.73. The molecule has 37 heavy (non-hydrogen) atoms. The number of halogens is 1. The van der Waals surface area contributed by atoms with Crippen LogP contribution in [-0.4, -0.2) is 67.1 Å². The lowest BCUT2D eigenvalue weighted by atomic mass is 10.0. The van der Waals surface area contributed by atoms with Gasteiger partial charge in [0.25, 0.3) is 0 Å². The van der Waals surface area contributed by atoms with Crippen LogP contribution >= 0.6 is 0 Å². The molecule has 0 bridgehead atoms. The lowest BCUT2D eigenvalue weighted by molar-refractivity contribution is 0.132. The normalized spacial score (nSPS) is 18.6. The monoisotopic (exact) mass is 502 g/mol. The van der Waals surface area contributed by atoms with Crippen LogP contribution in [0.4, 0.5) is 10.2 Å². The predicted molar refractivity (Wildman–Crippen MR) is 154 cm³/mol. The van der Waals surface area contributed by atoms with Crippen molar-refractivity contribution in [3.8, 4) is 0 Å². The molecule has 2 aliphatic rings. The molecule has 0 amide bonds. The van der Waals surface area contributed by atoms with Crippen molar-refractivity contribution in [2.75, 3.05) is 44.7 Å². The van der Waals surface area contributed by atoms with Crippen LogP contribution in [0.5, 0.6) is 0 Å². The summed E-state index contributed by atoms with van der Waals surface area (Å²) in [4.78, 5) is 17.6. The molecule has 1 aromatic heterocycles. The van der Waals surface area contributed by atoms with Crippen molar-refractivity contribution in [1.82, 2.24) is 14.8 Å². The fourth-order valence-electron chi connectivity index (χ4n) is 4.75. The molecule has 1 N–H and O–H groups in total. The number of likely N-dealkylation sites (N-methyl/N-ethyl adjacent to an activating group) is 1. The number of hydrogen-bond donors (Lipinski definition) is 1. The molecule has 1 aliphatic heterocycles. The second-order valence-electron chi connectivity index (χ2n) is 10.1. The van der Waals surface area contributed by atoms with Gasteiger partial charge in [0.15, 0.2) is 5.83 Å². The van der Waals surface area contributed by atoms with Crippen LogP contribution in [0.1, 0.15) is 44.2 Å². The first-order valence-electron chi connectivity index (χ1n) is 13.3. The maximum atomic E-state index is 15.0. The summed E-state index contributed by atoms with van der Waals surface area (Å²) >= 11 is 0. The highest BCUT2D eigenvalue weighted by Gasteiger charge is 2.21. The van der Waals surface area contributed by atoms with Crippen LogP contribution in [0.2, 0.25) is 0 Å². The lowest BCUT2D eigenvalue weighted by Crippen LogP contribution is -2.45. The Morgan fingerprint density at radius 3 is 2.57 bits per heavy atom. The number of allylic oxidation sites excluding steroid dienone is 1. The summed E-state index contributed by atoms with van der Waals surface area (Å²) in [6, 6.07) is 9.74. The summed E-state index contributed by atoms with van der Waals surface area (Å²) in [7, 11) is 0. The second-order valence-corrected chi connectivity index (χ2v) is 10.1. The largest absolute Gasteiger partial charge is 0.351 e. The fourth-order valence-corrected chi connectivity index (χ4v) is 4.75. The van der Waals surface area contributed by atoms with Gasteiger partial charge in [-0.25, -0.2) is 9.37 Å². The number of rotatable bonds is 11. The average Bonchev–Trinajstić information content (AvgIpc) is 3.73. The van der Waals surface area contributed by atoms with Crippen LogP contribution in [-0.2, 0) is 6.54 Å². The van der Waals surface area contributed by atoms with E-state index < -0.39 is 5.83 Å². The van der Waals surface area contributed by atoms with E-state index in [9.17, 15) is 4.39 Å². The summed E-state index contributed by atoms with van der Waals surface area (Å²) in [5.74, 6) is 0.964. The molecule has 6 nitrogen and oxygen atoms in total. The average molecular weight is 503 g/mol. The molecule has 1 aromatic carbocycles. The Hall–Kier alpha value is -3.16. The lowest BCUT2D eigenvalue weighted by Gasteiger charge is -2.33. The number of pyridine rings is 1. The highest BCUT2D eigenvalue weighted by molar-refractivity contribution is 5.89. The molecule has 2 aromatic rings. The zero-order valence-electron chi connectivity index (χ0n) is 22.2. The Bertz CT molecular complexity index is 1240. The van der Waals surface area contributed by atoms with Crippen molar-refractivity contribution in [3.05, 3.63) is 63.9 Å². The van der Waals surface area contributed by atoms with Gasteiger partial charge in [0.2, 0.25) is 0 Å². The van der Waals surface area contributed by atoms with Gasteiger partial charge in [-0.2, -0.15) is 0 Å². The topological polar surface area (TPSA) is 56.1 Å². The van der Waals surface area contributed by atoms with E-state index in [4.69, 9.17) is 0 Å². The zero-order chi connectivity index (χ0) is 26.2. The number of hydrogen-bond acceptors (Lipinski definition) is 6. The van der Waals surface area contributed by atoms with Gasteiger partial charge in [-0.15, -0.1) is 0 Å². The van der Waals surface area contributed by atoms with Crippen molar-refractivity contribution in [2.24, 2.45) is 15.9 Å². The summed E-state index contributed by atoms with van der Waals surface area (Å²) in [5.41, 5.74) is 3.34. The highest BCUT2D eigenvalue weighted by atomic mass is 19.1. The van der Waals surface area contributed by atoms with Crippen LogP contribution < -0.4 is 15.8 Å². The molecule has 1 saturated carbocycles. The number of anilines is 1. The smallest absolute Gasteiger partial charge is 0.167 e. The first-order valence-corrected chi connectivity index (χ1v) is 13.3. The number of benzene rings is 1. The molecular formula is C30H39FN6. The van der Waals surface area contributed by atoms with E-state index in [1.54, 1.807) is 0 Å². The van der Waals surface area contributed by atoms with Gasteiger partial charge in [-0.05, 0) is 73.5 Å². The maximum Gasteiger partial charge on any atom is 0.167 e. The Kier molecular flexibility index (Phi) is 9.36. The Morgan fingerprint density at radius 1 is 1.16 bits per heavy atom. The Morgan fingerprint density at radius 2 is 1.92 bits per heavy atom. The number of piperazine rings is 1. The first kappa shape index (κ1) is 26.9. The Balaban J connectivity index is 1.33. The van der Waals surface area contributed by atoms with Gasteiger partial charge >= 0.3 is 0 Å². The van der Waals surface area contributed by atoms with Crippen LogP contribution in [0, 0.1) is 5.92 Å².